The van der Waals surface area contributed by atoms with E-state index in [4.69, 9.17) is 5.73 Å². The van der Waals surface area contributed by atoms with Crippen LogP contribution in [0, 0.1) is 5.92 Å². The van der Waals surface area contributed by atoms with Gasteiger partial charge in [0.1, 0.15) is 0 Å². The summed E-state index contributed by atoms with van der Waals surface area (Å²) in [5, 5.41) is 7.24. The number of rotatable bonds is 5. The summed E-state index contributed by atoms with van der Waals surface area (Å²) in [7, 11) is 0. The highest BCUT2D eigenvalue weighted by atomic mass is 127. The maximum atomic E-state index is 5.81. The number of hydrogen-bond donors (Lipinski definition) is 2. The third kappa shape index (κ3) is 5.70. The Morgan fingerprint density at radius 1 is 1.43 bits per heavy atom. The Kier molecular flexibility index (Phi) is 7.13. The molecule has 0 saturated carbocycles. The Morgan fingerprint density at radius 3 is 2.90 bits per heavy atom. The lowest BCUT2D eigenvalue weighted by Gasteiger charge is -2.08. The molecule has 0 aromatic carbocycles. The second-order valence-corrected chi connectivity index (χ2v) is 4.95. The molecule has 0 aliphatic carbocycles. The van der Waals surface area contributed by atoms with Gasteiger partial charge in [0.05, 0.1) is 6.54 Å². The quantitative estimate of drug-likeness (QED) is 0.457. The molecule has 2 aromatic heterocycles. The number of halogens is 1. The van der Waals surface area contributed by atoms with Gasteiger partial charge in [0, 0.05) is 25.1 Å². The minimum Gasteiger partial charge on any atom is -0.370 e. The van der Waals surface area contributed by atoms with Crippen molar-refractivity contribution in [3.05, 3.63) is 42.4 Å². The molecule has 0 aliphatic rings. The molecule has 0 spiro atoms. The van der Waals surface area contributed by atoms with Crippen LogP contribution in [0.4, 0.5) is 0 Å². The van der Waals surface area contributed by atoms with E-state index in [0.717, 1.165) is 17.9 Å². The summed E-state index contributed by atoms with van der Waals surface area (Å²) in [6.45, 7) is 5.59. The zero-order valence-corrected chi connectivity index (χ0v) is 14.6. The maximum Gasteiger partial charge on any atom is 0.188 e. The molecule has 0 atom stereocenters. The number of guanidine groups is 1. The predicted molar refractivity (Wildman–Crippen MR) is 94.9 cm³/mol. The molecule has 0 fully saturated rings. The van der Waals surface area contributed by atoms with Crippen molar-refractivity contribution in [2.24, 2.45) is 16.6 Å². The summed E-state index contributed by atoms with van der Waals surface area (Å²) >= 11 is 0. The molecular weight excluding hydrogens is 379 g/mol. The number of aliphatic imine (C=N–C) groups is 1. The topological polar surface area (TPSA) is 81.1 Å². The first-order valence-electron chi connectivity index (χ1n) is 6.64. The Morgan fingerprint density at radius 2 is 2.24 bits per heavy atom. The Balaban J connectivity index is 0.00000220. The van der Waals surface area contributed by atoms with Crippen molar-refractivity contribution in [3.63, 3.8) is 0 Å². The number of nitrogens with one attached hydrogen (secondary N) is 1. The zero-order chi connectivity index (χ0) is 14.4. The lowest BCUT2D eigenvalue weighted by Crippen LogP contribution is -2.34. The molecule has 0 aliphatic heterocycles. The molecule has 0 radical (unpaired) electrons. The fourth-order valence-electron chi connectivity index (χ4n) is 1.63. The molecule has 114 valence electrons. The fourth-order valence-corrected chi connectivity index (χ4v) is 1.63. The Labute approximate surface area is 141 Å². The van der Waals surface area contributed by atoms with E-state index in [9.17, 15) is 0 Å². The van der Waals surface area contributed by atoms with E-state index in [1.807, 2.05) is 24.4 Å². The van der Waals surface area contributed by atoms with Crippen molar-refractivity contribution in [2.75, 3.05) is 6.54 Å². The molecular formula is C14H21IN6. The van der Waals surface area contributed by atoms with E-state index >= 15 is 0 Å². The van der Waals surface area contributed by atoms with Crippen molar-refractivity contribution in [3.8, 4) is 5.82 Å². The zero-order valence-electron chi connectivity index (χ0n) is 12.2. The minimum absolute atomic E-state index is 0. The maximum absolute atomic E-state index is 5.81. The first kappa shape index (κ1) is 17.4. The van der Waals surface area contributed by atoms with Crippen molar-refractivity contribution in [1.29, 1.82) is 0 Å². The van der Waals surface area contributed by atoms with Gasteiger partial charge in [0.2, 0.25) is 0 Å². The standard InChI is InChI=1S/C14H20N6.HI/c1-11(2)9-17-14(15)18-10-12-4-6-16-13(8-12)20-7-3-5-19-20;/h3-8,11H,9-10H2,1-2H3,(H3,15,17,18);1H. The fraction of sp³-hybridized carbons (Fsp3) is 0.357. The summed E-state index contributed by atoms with van der Waals surface area (Å²) in [6, 6.07) is 5.73. The van der Waals surface area contributed by atoms with Crippen LogP contribution in [0.5, 0.6) is 0 Å². The molecule has 21 heavy (non-hydrogen) atoms. The summed E-state index contributed by atoms with van der Waals surface area (Å²) in [5.41, 5.74) is 6.85. The third-order valence-electron chi connectivity index (χ3n) is 2.67. The van der Waals surface area contributed by atoms with Crippen molar-refractivity contribution in [2.45, 2.75) is 20.4 Å². The first-order chi connectivity index (χ1) is 9.65. The van der Waals surface area contributed by atoms with Gasteiger partial charge in [-0.3, -0.25) is 0 Å². The van der Waals surface area contributed by atoms with Crippen LogP contribution in [0.15, 0.2) is 41.8 Å². The van der Waals surface area contributed by atoms with Crippen LogP contribution in [0.2, 0.25) is 0 Å². The van der Waals surface area contributed by atoms with Crippen LogP contribution in [-0.2, 0) is 6.54 Å². The molecule has 2 aromatic rings. The molecule has 6 nitrogen and oxygen atoms in total. The van der Waals surface area contributed by atoms with Gasteiger partial charge in [-0.25, -0.2) is 14.7 Å². The minimum atomic E-state index is 0. The summed E-state index contributed by atoms with van der Waals surface area (Å²) < 4.78 is 1.72. The monoisotopic (exact) mass is 400 g/mol. The van der Waals surface area contributed by atoms with Crippen LogP contribution >= 0.6 is 24.0 Å². The number of hydrogen-bond acceptors (Lipinski definition) is 3. The van der Waals surface area contributed by atoms with Crippen LogP contribution in [0.25, 0.3) is 5.82 Å². The van der Waals surface area contributed by atoms with Crippen LogP contribution in [-0.4, -0.2) is 27.3 Å². The van der Waals surface area contributed by atoms with E-state index in [0.29, 0.717) is 18.4 Å². The molecule has 2 rings (SSSR count). The molecule has 3 N–H and O–H groups in total. The third-order valence-corrected chi connectivity index (χ3v) is 2.67. The lowest BCUT2D eigenvalue weighted by molar-refractivity contribution is 0.622. The van der Waals surface area contributed by atoms with Gasteiger partial charge < -0.3 is 11.1 Å². The number of nitrogens with zero attached hydrogens (tertiary/aromatic N) is 4. The van der Waals surface area contributed by atoms with E-state index in [1.54, 1.807) is 17.1 Å². The normalized spacial score (nSPS) is 11.3. The number of pyridine rings is 1. The van der Waals surface area contributed by atoms with Crippen LogP contribution in [0.3, 0.4) is 0 Å². The molecule has 0 amide bonds. The Hall–Kier alpha value is -1.64. The highest BCUT2D eigenvalue weighted by molar-refractivity contribution is 14.0. The average molecular weight is 400 g/mol. The molecule has 7 heteroatoms. The van der Waals surface area contributed by atoms with Gasteiger partial charge >= 0.3 is 0 Å². The highest BCUT2D eigenvalue weighted by Crippen LogP contribution is 2.07. The van der Waals surface area contributed by atoms with Crippen LogP contribution in [0.1, 0.15) is 19.4 Å². The van der Waals surface area contributed by atoms with E-state index in [2.05, 4.69) is 34.2 Å². The second-order valence-electron chi connectivity index (χ2n) is 4.95. The molecule has 0 unspecified atom stereocenters. The Bertz CT molecular complexity index is 565. The summed E-state index contributed by atoms with van der Waals surface area (Å²) in [4.78, 5) is 8.59. The van der Waals surface area contributed by atoms with Crippen molar-refractivity contribution < 1.29 is 0 Å². The van der Waals surface area contributed by atoms with Crippen LogP contribution < -0.4 is 11.1 Å². The number of aromatic nitrogens is 3. The van der Waals surface area contributed by atoms with Gasteiger partial charge in [0.25, 0.3) is 0 Å². The van der Waals surface area contributed by atoms with Gasteiger partial charge in [-0.2, -0.15) is 5.10 Å². The first-order valence-corrected chi connectivity index (χ1v) is 6.64. The van der Waals surface area contributed by atoms with E-state index < -0.39 is 0 Å². The molecule has 2 heterocycles. The second kappa shape index (κ2) is 8.60. The summed E-state index contributed by atoms with van der Waals surface area (Å²) in [6.07, 6.45) is 5.33. The highest BCUT2D eigenvalue weighted by Gasteiger charge is 2.00. The summed E-state index contributed by atoms with van der Waals surface area (Å²) in [5.74, 6) is 1.78. The predicted octanol–water partition coefficient (Wildman–Crippen LogP) is 1.95. The number of nitrogens with two attached hydrogens (primary N) is 1. The van der Waals surface area contributed by atoms with E-state index in [-0.39, 0.29) is 24.0 Å². The SMILES string of the molecule is CC(C)CNC(N)=NCc1ccnc(-n2cccn2)c1.I. The van der Waals surface area contributed by atoms with Gasteiger partial charge in [-0.05, 0) is 29.7 Å². The average Bonchev–Trinajstić information content (AvgIpc) is 2.97. The van der Waals surface area contributed by atoms with Crippen molar-refractivity contribution >= 4 is 29.9 Å². The lowest BCUT2D eigenvalue weighted by atomic mass is 10.2. The smallest absolute Gasteiger partial charge is 0.188 e. The van der Waals surface area contributed by atoms with Crippen molar-refractivity contribution in [1.82, 2.24) is 20.1 Å². The van der Waals surface area contributed by atoms with Gasteiger partial charge in [-0.15, -0.1) is 24.0 Å². The largest absolute Gasteiger partial charge is 0.370 e. The van der Waals surface area contributed by atoms with Gasteiger partial charge in [-0.1, -0.05) is 13.8 Å². The van der Waals surface area contributed by atoms with Gasteiger partial charge in [0.15, 0.2) is 11.8 Å². The molecule has 0 saturated heterocycles. The van der Waals surface area contributed by atoms with E-state index in [1.165, 1.54) is 0 Å². The molecule has 0 bridgehead atoms.